The number of rotatable bonds is 10. The highest BCUT2D eigenvalue weighted by Crippen LogP contribution is 2.30. The van der Waals surface area contributed by atoms with E-state index < -0.39 is 15.9 Å². The molecular formula is C26H29ClN2O4S. The van der Waals surface area contributed by atoms with Crippen LogP contribution in [0.3, 0.4) is 0 Å². The van der Waals surface area contributed by atoms with E-state index >= 15 is 0 Å². The van der Waals surface area contributed by atoms with Crippen LogP contribution in [0.1, 0.15) is 23.1 Å². The predicted octanol–water partition coefficient (Wildman–Crippen LogP) is 4.91. The van der Waals surface area contributed by atoms with Crippen molar-refractivity contribution in [2.75, 3.05) is 24.5 Å². The summed E-state index contributed by atoms with van der Waals surface area (Å²) < 4.78 is 33.5. The standard InChI is InChI=1S/C26H29ClN2O4S/c1-19-13-15-22(16-14-19)34(31,32)29(24-11-6-10-23(27)20(24)2)18-26(30)28-17-7-9-21-8-4-5-12-25(21)33-3/h4-6,8,10-16H,7,9,17-18H2,1-3H3,(H,28,30). The number of hydrogen-bond donors (Lipinski definition) is 1. The molecule has 0 saturated carbocycles. The van der Waals surface area contributed by atoms with Crippen LogP contribution in [0.4, 0.5) is 5.69 Å². The Morgan fingerprint density at radius 2 is 1.71 bits per heavy atom. The number of benzene rings is 3. The molecule has 0 spiro atoms. The topological polar surface area (TPSA) is 75.7 Å². The smallest absolute Gasteiger partial charge is 0.264 e. The maximum Gasteiger partial charge on any atom is 0.264 e. The summed E-state index contributed by atoms with van der Waals surface area (Å²) in [7, 11) is -2.36. The molecule has 1 N–H and O–H groups in total. The number of ether oxygens (including phenoxy) is 1. The molecule has 0 aliphatic rings. The van der Waals surface area contributed by atoms with Crippen molar-refractivity contribution in [3.63, 3.8) is 0 Å². The SMILES string of the molecule is COc1ccccc1CCCNC(=O)CN(c1cccc(Cl)c1C)S(=O)(=O)c1ccc(C)cc1. The van der Waals surface area contributed by atoms with E-state index in [0.29, 0.717) is 29.2 Å². The number of nitrogens with zero attached hydrogens (tertiary/aromatic N) is 1. The minimum absolute atomic E-state index is 0.112. The third kappa shape index (κ3) is 6.10. The first-order valence-electron chi connectivity index (χ1n) is 11.0. The molecule has 0 saturated heterocycles. The van der Waals surface area contributed by atoms with Gasteiger partial charge in [0.2, 0.25) is 5.91 Å². The lowest BCUT2D eigenvalue weighted by Gasteiger charge is -2.26. The number of aryl methyl sites for hydroxylation is 2. The number of amides is 1. The lowest BCUT2D eigenvalue weighted by molar-refractivity contribution is -0.119. The maximum atomic E-state index is 13.5. The van der Waals surface area contributed by atoms with Gasteiger partial charge in [-0.25, -0.2) is 8.42 Å². The molecule has 3 aromatic rings. The highest BCUT2D eigenvalue weighted by molar-refractivity contribution is 7.92. The molecule has 0 heterocycles. The molecule has 0 radical (unpaired) electrons. The van der Waals surface area contributed by atoms with E-state index in [0.717, 1.165) is 27.6 Å². The minimum Gasteiger partial charge on any atom is -0.496 e. The molecule has 0 unspecified atom stereocenters. The normalized spacial score (nSPS) is 11.2. The van der Waals surface area contributed by atoms with Gasteiger partial charge in [-0.05, 0) is 68.1 Å². The van der Waals surface area contributed by atoms with E-state index in [2.05, 4.69) is 5.32 Å². The molecule has 180 valence electrons. The van der Waals surface area contributed by atoms with Crippen molar-refractivity contribution in [2.24, 2.45) is 0 Å². The highest BCUT2D eigenvalue weighted by atomic mass is 35.5. The second kappa shape index (κ2) is 11.4. The van der Waals surface area contributed by atoms with E-state index in [-0.39, 0.29) is 11.4 Å². The van der Waals surface area contributed by atoms with Crippen LogP contribution < -0.4 is 14.4 Å². The van der Waals surface area contributed by atoms with E-state index in [4.69, 9.17) is 16.3 Å². The van der Waals surface area contributed by atoms with Crippen molar-refractivity contribution in [1.29, 1.82) is 0 Å². The third-order valence-electron chi connectivity index (χ3n) is 5.54. The molecule has 0 fully saturated rings. The largest absolute Gasteiger partial charge is 0.496 e. The molecular weight excluding hydrogens is 472 g/mol. The van der Waals surface area contributed by atoms with Gasteiger partial charge in [0.05, 0.1) is 17.7 Å². The van der Waals surface area contributed by atoms with Gasteiger partial charge >= 0.3 is 0 Å². The summed E-state index contributed by atoms with van der Waals surface area (Å²) in [5, 5.41) is 3.27. The lowest BCUT2D eigenvalue weighted by atomic mass is 10.1. The summed E-state index contributed by atoms with van der Waals surface area (Å²) in [6.07, 6.45) is 1.41. The summed E-state index contributed by atoms with van der Waals surface area (Å²) in [6.45, 7) is 3.67. The fourth-order valence-electron chi connectivity index (χ4n) is 3.61. The number of carbonyl (C=O) groups excluding carboxylic acids is 1. The predicted molar refractivity (Wildman–Crippen MR) is 136 cm³/mol. The molecule has 8 heteroatoms. The molecule has 34 heavy (non-hydrogen) atoms. The van der Waals surface area contributed by atoms with Gasteiger partial charge in [-0.15, -0.1) is 0 Å². The summed E-state index contributed by atoms with van der Waals surface area (Å²) >= 11 is 6.26. The van der Waals surface area contributed by atoms with E-state index in [1.54, 1.807) is 56.5 Å². The van der Waals surface area contributed by atoms with Crippen LogP contribution in [0.15, 0.2) is 71.6 Å². The zero-order valence-corrected chi connectivity index (χ0v) is 21.1. The van der Waals surface area contributed by atoms with Crippen LogP contribution in [0.2, 0.25) is 5.02 Å². The van der Waals surface area contributed by atoms with E-state index in [1.807, 2.05) is 31.2 Å². The Hall–Kier alpha value is -3.03. The average molecular weight is 501 g/mol. The van der Waals surface area contributed by atoms with Crippen molar-refractivity contribution in [3.05, 3.63) is 88.4 Å². The average Bonchev–Trinajstić information content (AvgIpc) is 2.82. The zero-order valence-electron chi connectivity index (χ0n) is 19.5. The number of carbonyl (C=O) groups is 1. The second-order valence-corrected chi connectivity index (χ2v) is 10.2. The Bertz CT molecular complexity index is 1240. The van der Waals surface area contributed by atoms with Gasteiger partial charge in [-0.1, -0.05) is 53.6 Å². The van der Waals surface area contributed by atoms with Gasteiger partial charge in [-0.2, -0.15) is 0 Å². The van der Waals surface area contributed by atoms with Crippen LogP contribution in [0, 0.1) is 13.8 Å². The Labute approximate surface area is 206 Å². The molecule has 3 rings (SSSR count). The van der Waals surface area contributed by atoms with Crippen LogP contribution in [0.25, 0.3) is 0 Å². The van der Waals surface area contributed by atoms with Gasteiger partial charge in [-0.3, -0.25) is 9.10 Å². The van der Waals surface area contributed by atoms with Gasteiger partial charge in [0.15, 0.2) is 0 Å². The minimum atomic E-state index is -3.99. The number of nitrogens with one attached hydrogen (secondary N) is 1. The summed E-state index contributed by atoms with van der Waals surface area (Å²) in [6, 6.07) is 19.3. The number of para-hydroxylation sites is 1. The molecule has 0 aliphatic heterocycles. The Balaban J connectivity index is 1.75. The first kappa shape index (κ1) is 25.6. The Kier molecular flexibility index (Phi) is 8.58. The van der Waals surface area contributed by atoms with Crippen molar-refractivity contribution < 1.29 is 17.9 Å². The number of methoxy groups -OCH3 is 1. The van der Waals surface area contributed by atoms with Crippen molar-refractivity contribution in [1.82, 2.24) is 5.32 Å². The highest BCUT2D eigenvalue weighted by Gasteiger charge is 2.28. The van der Waals surface area contributed by atoms with Gasteiger partial charge < -0.3 is 10.1 Å². The van der Waals surface area contributed by atoms with Gasteiger partial charge in [0.25, 0.3) is 10.0 Å². The van der Waals surface area contributed by atoms with Gasteiger partial charge in [0, 0.05) is 11.6 Å². The van der Waals surface area contributed by atoms with Crippen molar-refractivity contribution >= 4 is 33.2 Å². The number of anilines is 1. The molecule has 6 nitrogen and oxygen atoms in total. The van der Waals surface area contributed by atoms with Gasteiger partial charge in [0.1, 0.15) is 12.3 Å². The van der Waals surface area contributed by atoms with E-state index in [9.17, 15) is 13.2 Å². The second-order valence-electron chi connectivity index (χ2n) is 7.97. The number of halogens is 1. The zero-order chi connectivity index (χ0) is 24.7. The molecule has 0 aliphatic carbocycles. The number of hydrogen-bond acceptors (Lipinski definition) is 4. The quantitative estimate of drug-likeness (QED) is 0.401. The van der Waals surface area contributed by atoms with Crippen LogP contribution >= 0.6 is 11.6 Å². The fourth-order valence-corrected chi connectivity index (χ4v) is 5.25. The molecule has 0 bridgehead atoms. The monoisotopic (exact) mass is 500 g/mol. The molecule has 0 atom stereocenters. The third-order valence-corrected chi connectivity index (χ3v) is 7.72. The van der Waals surface area contributed by atoms with Crippen LogP contribution in [0.5, 0.6) is 5.75 Å². The Morgan fingerprint density at radius 3 is 2.41 bits per heavy atom. The summed E-state index contributed by atoms with van der Waals surface area (Å²) in [5.41, 5.74) is 2.95. The van der Waals surface area contributed by atoms with Crippen LogP contribution in [-0.2, 0) is 21.2 Å². The van der Waals surface area contributed by atoms with Crippen molar-refractivity contribution in [3.8, 4) is 5.75 Å². The summed E-state index contributed by atoms with van der Waals surface area (Å²) in [4.78, 5) is 12.9. The first-order chi connectivity index (χ1) is 16.2. The maximum absolute atomic E-state index is 13.5. The lowest BCUT2D eigenvalue weighted by Crippen LogP contribution is -2.41. The first-order valence-corrected chi connectivity index (χ1v) is 12.8. The van der Waals surface area contributed by atoms with Crippen LogP contribution in [-0.4, -0.2) is 34.5 Å². The number of sulfonamides is 1. The molecule has 3 aromatic carbocycles. The molecule has 0 aromatic heterocycles. The Morgan fingerprint density at radius 1 is 1.00 bits per heavy atom. The fraction of sp³-hybridized carbons (Fsp3) is 0.269. The molecule has 1 amide bonds. The summed E-state index contributed by atoms with van der Waals surface area (Å²) in [5.74, 6) is 0.413. The van der Waals surface area contributed by atoms with Crippen molar-refractivity contribution in [2.45, 2.75) is 31.6 Å². The van der Waals surface area contributed by atoms with E-state index in [1.165, 1.54) is 0 Å².